The Labute approximate surface area is 209 Å². The molecule has 0 aliphatic rings. The molecule has 0 unspecified atom stereocenters. The van der Waals surface area contributed by atoms with Crippen LogP contribution in [0.15, 0.2) is 66.9 Å². The first-order chi connectivity index (χ1) is 17.4. The number of hydrogen-bond acceptors (Lipinski definition) is 7. The van der Waals surface area contributed by atoms with Gasteiger partial charge < -0.3 is 10.1 Å². The van der Waals surface area contributed by atoms with Crippen molar-refractivity contribution in [1.29, 1.82) is 0 Å². The van der Waals surface area contributed by atoms with Crippen molar-refractivity contribution in [1.82, 2.24) is 24.7 Å². The average molecular weight is 479 g/mol. The van der Waals surface area contributed by atoms with E-state index >= 15 is 0 Å². The number of fused-ring (bicyclic) bond motifs is 1. The number of anilines is 2. The number of ether oxygens (including phenoxy) is 1. The molecule has 5 aromatic rings. The molecule has 36 heavy (non-hydrogen) atoms. The van der Waals surface area contributed by atoms with Crippen LogP contribution in [0.1, 0.15) is 34.1 Å². The van der Waals surface area contributed by atoms with Crippen LogP contribution in [0.5, 0.6) is 0 Å². The summed E-state index contributed by atoms with van der Waals surface area (Å²) in [4.78, 5) is 26.7. The maximum absolute atomic E-state index is 12.7. The zero-order chi connectivity index (χ0) is 25.2. The molecule has 1 N–H and O–H groups in total. The number of nitrogens with one attached hydrogen (secondary N) is 1. The normalized spacial score (nSPS) is 11.0. The van der Waals surface area contributed by atoms with Gasteiger partial charge in [0.2, 0.25) is 0 Å². The fourth-order valence-corrected chi connectivity index (χ4v) is 4.10. The Bertz CT molecular complexity index is 1580. The third-order valence-electron chi connectivity index (χ3n) is 5.85. The minimum atomic E-state index is -0.502. The molecule has 0 atom stereocenters. The van der Waals surface area contributed by atoms with Gasteiger partial charge in [0.05, 0.1) is 17.8 Å². The lowest BCUT2D eigenvalue weighted by Gasteiger charge is -2.14. The predicted molar refractivity (Wildman–Crippen MR) is 140 cm³/mol. The molecule has 0 saturated heterocycles. The molecule has 0 fully saturated rings. The lowest BCUT2D eigenvalue weighted by atomic mass is 10.1. The van der Waals surface area contributed by atoms with Crippen LogP contribution in [0, 0.1) is 20.8 Å². The Balaban J connectivity index is 1.62. The molecule has 0 saturated carbocycles. The number of pyridine rings is 1. The minimum absolute atomic E-state index is 0.237. The first-order valence-corrected chi connectivity index (χ1v) is 11.7. The van der Waals surface area contributed by atoms with Gasteiger partial charge in [-0.15, -0.1) is 0 Å². The second kappa shape index (κ2) is 9.58. The Morgan fingerprint density at radius 2 is 1.78 bits per heavy atom. The van der Waals surface area contributed by atoms with Crippen molar-refractivity contribution in [3.63, 3.8) is 0 Å². The van der Waals surface area contributed by atoms with Gasteiger partial charge in [0.1, 0.15) is 17.2 Å². The molecule has 8 nitrogen and oxygen atoms in total. The Morgan fingerprint density at radius 1 is 0.972 bits per heavy atom. The highest BCUT2D eigenvalue weighted by molar-refractivity contribution is 5.95. The number of para-hydroxylation sites is 1. The van der Waals surface area contributed by atoms with Gasteiger partial charge in [0.25, 0.3) is 0 Å². The monoisotopic (exact) mass is 478 g/mol. The number of hydrogen-bond donors (Lipinski definition) is 1. The van der Waals surface area contributed by atoms with Crippen LogP contribution in [-0.2, 0) is 4.74 Å². The van der Waals surface area contributed by atoms with E-state index in [9.17, 15) is 4.79 Å². The van der Waals surface area contributed by atoms with Gasteiger partial charge in [-0.25, -0.2) is 19.7 Å². The Morgan fingerprint density at radius 3 is 2.56 bits per heavy atom. The summed E-state index contributed by atoms with van der Waals surface area (Å²) in [7, 11) is 0. The molecular weight excluding hydrogens is 452 g/mol. The van der Waals surface area contributed by atoms with Crippen LogP contribution in [0.2, 0.25) is 0 Å². The molecule has 3 aromatic heterocycles. The van der Waals surface area contributed by atoms with Gasteiger partial charge in [0.15, 0.2) is 11.6 Å². The number of rotatable bonds is 6. The molecule has 0 bridgehead atoms. The third kappa shape index (κ3) is 4.40. The van der Waals surface area contributed by atoms with Crippen LogP contribution >= 0.6 is 0 Å². The number of carbonyl (C=O) groups excluding carboxylic acids is 1. The fourth-order valence-electron chi connectivity index (χ4n) is 4.10. The molecule has 0 spiro atoms. The maximum Gasteiger partial charge on any atom is 0.343 e. The minimum Gasteiger partial charge on any atom is -0.462 e. The number of aromatic nitrogens is 5. The average Bonchev–Trinajstić information content (AvgIpc) is 3.25. The van der Waals surface area contributed by atoms with Crippen LogP contribution in [0.3, 0.4) is 0 Å². The standard InChI is InChI=1S/C28H26N6O2/c1-5-36-28(35)22-16-29-26(20-11-7-6-8-12-20)32-27(22)31-24-15-19(4)33-34(24)23-14-18(3)21-13-9-10-17(2)25(21)30-23/h6-16H,5H2,1-4H3,(H,29,31,32). The molecule has 0 radical (unpaired) electrons. The summed E-state index contributed by atoms with van der Waals surface area (Å²) < 4.78 is 6.98. The second-order valence-corrected chi connectivity index (χ2v) is 8.52. The summed E-state index contributed by atoms with van der Waals surface area (Å²) in [6.45, 7) is 8.02. The van der Waals surface area contributed by atoms with Crippen molar-refractivity contribution < 1.29 is 9.53 Å². The number of aryl methyl sites for hydroxylation is 3. The molecule has 0 aliphatic heterocycles. The van der Waals surface area contributed by atoms with Crippen molar-refractivity contribution in [3.05, 3.63) is 89.2 Å². The van der Waals surface area contributed by atoms with Crippen molar-refractivity contribution >= 4 is 28.5 Å². The molecular formula is C28H26N6O2. The van der Waals surface area contributed by atoms with Gasteiger partial charge >= 0.3 is 5.97 Å². The molecule has 0 amide bonds. The van der Waals surface area contributed by atoms with E-state index in [1.807, 2.05) is 68.4 Å². The zero-order valence-corrected chi connectivity index (χ0v) is 20.6. The third-order valence-corrected chi connectivity index (χ3v) is 5.85. The maximum atomic E-state index is 12.7. The second-order valence-electron chi connectivity index (χ2n) is 8.52. The number of carbonyl (C=O) groups is 1. The van der Waals surface area contributed by atoms with E-state index in [-0.39, 0.29) is 12.2 Å². The highest BCUT2D eigenvalue weighted by Crippen LogP contribution is 2.27. The van der Waals surface area contributed by atoms with E-state index in [4.69, 9.17) is 9.72 Å². The number of esters is 1. The molecule has 8 heteroatoms. The zero-order valence-electron chi connectivity index (χ0n) is 20.6. The van der Waals surface area contributed by atoms with E-state index in [1.165, 1.54) is 6.20 Å². The summed E-state index contributed by atoms with van der Waals surface area (Å²) in [5.41, 5.74) is 4.97. The summed E-state index contributed by atoms with van der Waals surface area (Å²) >= 11 is 0. The van der Waals surface area contributed by atoms with Crippen molar-refractivity contribution in [2.24, 2.45) is 0 Å². The van der Waals surface area contributed by atoms with Crippen molar-refractivity contribution in [3.8, 4) is 17.2 Å². The van der Waals surface area contributed by atoms with Gasteiger partial charge in [-0.2, -0.15) is 9.78 Å². The summed E-state index contributed by atoms with van der Waals surface area (Å²) in [6, 6.07) is 19.6. The van der Waals surface area contributed by atoms with Crippen molar-refractivity contribution in [2.45, 2.75) is 27.7 Å². The first kappa shape index (κ1) is 23.2. The van der Waals surface area contributed by atoms with Gasteiger partial charge in [-0.1, -0.05) is 48.5 Å². The molecule has 180 valence electrons. The molecule has 5 rings (SSSR count). The van der Waals surface area contributed by atoms with E-state index in [2.05, 4.69) is 33.4 Å². The quantitative estimate of drug-likeness (QED) is 0.312. The SMILES string of the molecule is CCOC(=O)c1cnc(-c2ccccc2)nc1Nc1cc(C)nn1-c1cc(C)c2cccc(C)c2n1. The van der Waals surface area contributed by atoms with Crippen LogP contribution in [-0.4, -0.2) is 37.3 Å². The van der Waals surface area contributed by atoms with E-state index in [1.54, 1.807) is 11.6 Å². The van der Waals surface area contributed by atoms with Crippen molar-refractivity contribution in [2.75, 3.05) is 11.9 Å². The van der Waals surface area contributed by atoms with Gasteiger partial charge in [-0.3, -0.25) is 0 Å². The Kier molecular flexibility index (Phi) is 6.16. The topological polar surface area (TPSA) is 94.8 Å². The van der Waals surface area contributed by atoms with E-state index < -0.39 is 5.97 Å². The van der Waals surface area contributed by atoms with Crippen LogP contribution < -0.4 is 5.32 Å². The lowest BCUT2D eigenvalue weighted by Crippen LogP contribution is -2.13. The number of nitrogens with zero attached hydrogens (tertiary/aromatic N) is 5. The number of benzene rings is 2. The molecule has 3 heterocycles. The predicted octanol–water partition coefficient (Wildman–Crippen LogP) is 5.72. The fraction of sp³-hybridized carbons (Fsp3) is 0.179. The first-order valence-electron chi connectivity index (χ1n) is 11.7. The smallest absolute Gasteiger partial charge is 0.343 e. The van der Waals surface area contributed by atoms with Crippen LogP contribution in [0.25, 0.3) is 28.1 Å². The summed E-state index contributed by atoms with van der Waals surface area (Å²) in [5, 5.41) is 9.08. The molecule has 2 aromatic carbocycles. The summed E-state index contributed by atoms with van der Waals surface area (Å²) in [5.74, 6) is 1.61. The highest BCUT2D eigenvalue weighted by atomic mass is 16.5. The highest BCUT2D eigenvalue weighted by Gasteiger charge is 2.20. The van der Waals surface area contributed by atoms with Gasteiger partial charge in [0, 0.05) is 23.2 Å². The van der Waals surface area contributed by atoms with E-state index in [0.717, 1.165) is 33.3 Å². The largest absolute Gasteiger partial charge is 0.462 e. The van der Waals surface area contributed by atoms with Gasteiger partial charge in [-0.05, 0) is 44.9 Å². The lowest BCUT2D eigenvalue weighted by molar-refractivity contribution is 0.0526. The van der Waals surface area contributed by atoms with Crippen LogP contribution in [0.4, 0.5) is 11.6 Å². The summed E-state index contributed by atoms with van der Waals surface area (Å²) in [6.07, 6.45) is 1.49. The van der Waals surface area contributed by atoms with E-state index in [0.29, 0.717) is 23.3 Å². The molecule has 0 aliphatic carbocycles. The Hall–Kier alpha value is -4.59.